The van der Waals surface area contributed by atoms with Crippen LogP contribution in [0.4, 0.5) is 0 Å². The lowest BCUT2D eigenvalue weighted by Gasteiger charge is -2.31. The summed E-state index contributed by atoms with van der Waals surface area (Å²) in [6, 6.07) is 0. The van der Waals surface area contributed by atoms with Crippen LogP contribution in [0.3, 0.4) is 0 Å². The average molecular weight is 1020 g/mol. The molecule has 0 aromatic heterocycles. The first kappa shape index (κ1) is 75.7. The maximum absolute atomic E-state index is 9.11. The Hall–Kier alpha value is -1.20. The lowest BCUT2D eigenvalue weighted by molar-refractivity contribution is -0.103. The molecule has 1 aliphatic heterocycles. The zero-order valence-corrected chi connectivity index (χ0v) is 38.0. The van der Waals surface area contributed by atoms with Gasteiger partial charge in [0.1, 0.15) is 61.0 Å². The van der Waals surface area contributed by atoms with E-state index in [9.17, 15) is 0 Å². The molecule has 1 aliphatic carbocycles. The molecular weight excluding hydrogens is 936 g/mol. The molecule has 2 fully saturated rings. The van der Waals surface area contributed by atoms with Crippen molar-refractivity contribution in [2.45, 2.75) is 111 Å². The van der Waals surface area contributed by atoms with Gasteiger partial charge in [-0.3, -0.25) is 0 Å². The van der Waals surface area contributed by atoms with E-state index in [4.69, 9.17) is 152 Å². The van der Waals surface area contributed by atoms with Gasteiger partial charge in [-0.05, 0) is 25.7 Å². The number of hydrogen-bond acceptors (Lipinski definition) is 30. The quantitative estimate of drug-likeness (QED) is 0.0427. The largest absolute Gasteiger partial charge is 0.396 e. The summed E-state index contributed by atoms with van der Waals surface area (Å²) in [6.07, 6.45) is -12.5. The summed E-state index contributed by atoms with van der Waals surface area (Å²) in [5.41, 5.74) is -2.32. The second-order valence-corrected chi connectivity index (χ2v) is 15.6. The molecule has 30 heteroatoms. The van der Waals surface area contributed by atoms with Gasteiger partial charge < -0.3 is 152 Å². The molecule has 9 unspecified atom stereocenters. The Kier molecular flexibility index (Phi) is 52.2. The number of aliphatic hydroxyl groups is 28. The van der Waals surface area contributed by atoms with E-state index in [2.05, 4.69) is 0 Å². The van der Waals surface area contributed by atoms with Crippen LogP contribution in [0.1, 0.15) is 25.7 Å². The molecule has 0 spiro atoms. The van der Waals surface area contributed by atoms with Crippen molar-refractivity contribution >= 4 is 0 Å². The van der Waals surface area contributed by atoms with Crippen molar-refractivity contribution in [2.75, 3.05) is 119 Å². The summed E-state index contributed by atoms with van der Waals surface area (Å²) in [5, 5.41) is 241. The summed E-state index contributed by atoms with van der Waals surface area (Å²) >= 11 is 0. The van der Waals surface area contributed by atoms with E-state index in [0.29, 0.717) is 19.3 Å². The van der Waals surface area contributed by atoms with Crippen molar-refractivity contribution in [3.8, 4) is 0 Å². The first-order valence-corrected chi connectivity index (χ1v) is 21.1. The summed E-state index contributed by atoms with van der Waals surface area (Å²) in [5.74, 6) is 0. The second-order valence-electron chi connectivity index (χ2n) is 15.6. The summed E-state index contributed by atoms with van der Waals surface area (Å²) < 4.78 is 9.97. The van der Waals surface area contributed by atoms with Gasteiger partial charge in [-0.15, -0.1) is 0 Å². The Bertz CT molecular complexity index is 952. The van der Waals surface area contributed by atoms with Crippen LogP contribution in [0.25, 0.3) is 0 Å². The highest BCUT2D eigenvalue weighted by atomic mass is 16.5. The maximum atomic E-state index is 9.11. The van der Waals surface area contributed by atoms with E-state index >= 15 is 0 Å². The minimum atomic E-state index is -1.49. The molecule has 28 N–H and O–H groups in total. The highest BCUT2D eigenvalue weighted by molar-refractivity contribution is 4.87. The van der Waals surface area contributed by atoms with Crippen molar-refractivity contribution in [2.24, 2.45) is 10.8 Å². The Morgan fingerprint density at radius 2 is 0.750 bits per heavy atom. The number of ether oxygens (including phenoxy) is 2. The van der Waals surface area contributed by atoms with Crippen LogP contribution in [-0.2, 0) is 9.47 Å². The fraction of sp³-hybridized carbons (Fsp3) is 1.00. The van der Waals surface area contributed by atoms with Crippen LogP contribution < -0.4 is 0 Å². The maximum Gasteiger partial charge on any atom is 0.114 e. The fourth-order valence-corrected chi connectivity index (χ4v) is 4.37. The van der Waals surface area contributed by atoms with E-state index in [1.807, 2.05) is 0 Å². The number of hydrogen-bond donors (Lipinski definition) is 28. The first-order chi connectivity index (χ1) is 31.9. The lowest BCUT2D eigenvalue weighted by Crippen LogP contribution is -2.43. The van der Waals surface area contributed by atoms with Gasteiger partial charge in [-0.25, -0.2) is 0 Å². The van der Waals surface area contributed by atoms with E-state index in [0.717, 1.165) is 0 Å². The topological polar surface area (TPSA) is 585 Å². The SMILES string of the molecule is OC1CC(O)CC(O)C1.OCC(CO)(CO)COCC(CO)(CO)CO.OCC(O)C(O)C(O)CO.OCC(O)C(O)CO.OCC(O)C1OCC(O)C1O.OCC(O)CO.OCCC(O)CO. The zero-order valence-electron chi connectivity index (χ0n) is 38.0. The van der Waals surface area contributed by atoms with Gasteiger partial charge in [0.05, 0.1) is 148 Å². The molecule has 0 bridgehead atoms. The van der Waals surface area contributed by atoms with Crippen LogP contribution in [0, 0.1) is 10.8 Å². The normalized spacial score (nSPS) is 23.2. The average Bonchev–Trinajstić information content (AvgIpc) is 3.69. The molecule has 1 saturated heterocycles. The molecule has 30 nitrogen and oxygen atoms in total. The van der Waals surface area contributed by atoms with E-state index in [1.54, 1.807) is 0 Å². The third kappa shape index (κ3) is 36.7. The highest BCUT2D eigenvalue weighted by Crippen LogP contribution is 2.21. The first-order valence-electron chi connectivity index (χ1n) is 21.1. The van der Waals surface area contributed by atoms with Crippen LogP contribution >= 0.6 is 0 Å². The molecule has 0 aromatic carbocycles. The number of rotatable bonds is 24. The third-order valence-electron chi connectivity index (χ3n) is 9.29. The van der Waals surface area contributed by atoms with Crippen LogP contribution in [-0.4, -0.2) is 347 Å². The summed E-state index contributed by atoms with van der Waals surface area (Å²) in [4.78, 5) is 0. The van der Waals surface area contributed by atoms with Crippen molar-refractivity contribution < 1.29 is 152 Å². The minimum Gasteiger partial charge on any atom is -0.396 e. The highest BCUT2D eigenvalue weighted by Gasteiger charge is 2.39. The van der Waals surface area contributed by atoms with Gasteiger partial charge in [0.2, 0.25) is 0 Å². The monoisotopic (exact) mass is 1020 g/mol. The second kappa shape index (κ2) is 46.8. The smallest absolute Gasteiger partial charge is 0.114 e. The molecular formula is C38H86O30. The van der Waals surface area contributed by atoms with Crippen LogP contribution in [0.2, 0.25) is 0 Å². The van der Waals surface area contributed by atoms with E-state index in [-0.39, 0.29) is 52.7 Å². The number of aliphatic hydroxyl groups excluding tert-OH is 28. The van der Waals surface area contributed by atoms with Gasteiger partial charge in [0.15, 0.2) is 0 Å². The molecule has 0 radical (unpaired) electrons. The minimum absolute atomic E-state index is 0.00287. The molecule has 1 heterocycles. The predicted molar refractivity (Wildman–Crippen MR) is 228 cm³/mol. The Balaban J connectivity index is -0.000000233. The predicted octanol–water partition coefficient (Wildman–Crippen LogP) is -14.6. The Morgan fingerprint density at radius 1 is 0.426 bits per heavy atom. The molecule has 1 saturated carbocycles. The van der Waals surface area contributed by atoms with Crippen molar-refractivity contribution in [3.63, 3.8) is 0 Å². The molecule has 418 valence electrons. The third-order valence-corrected chi connectivity index (χ3v) is 9.29. The fourth-order valence-electron chi connectivity index (χ4n) is 4.37. The van der Waals surface area contributed by atoms with Gasteiger partial charge >= 0.3 is 0 Å². The zero-order chi connectivity index (χ0) is 54.1. The molecule has 0 amide bonds. The molecule has 2 rings (SSSR count). The van der Waals surface area contributed by atoms with E-state index in [1.165, 1.54) is 0 Å². The van der Waals surface area contributed by atoms with Crippen LogP contribution in [0.5, 0.6) is 0 Å². The molecule has 9 atom stereocenters. The van der Waals surface area contributed by atoms with E-state index < -0.39 is 169 Å². The summed E-state index contributed by atoms with van der Waals surface area (Å²) in [6.45, 7) is -6.87. The lowest BCUT2D eigenvalue weighted by atomic mass is 9.91. The standard InChI is InChI=1S/C10H22O7.C6H12O5.C6H12O3.C5H12O5.C4H10O4.C4H10O3.C3H8O3/c11-1-9(2-12,3-13)7-17-8-10(4-14,5-15)6-16;7-1-3(8)6-5(10)4(9)2-11-6;7-4-1-5(8)3-6(9)2-4;6-1-3(8)5(10)4(9)2-7;5-1-3(7)4(8)2-6;5-2-1-4(7)3-6;4-1-3(6)2-5/h11-16H,1-8H2;3-10H,1-2H2;4-9H,1-3H2;3-10H,1-2H2;3-8H,1-2H2;4-7H,1-3H2;3-6H,1-2H2. The van der Waals surface area contributed by atoms with Crippen molar-refractivity contribution in [3.05, 3.63) is 0 Å². The molecule has 0 aromatic rings. The van der Waals surface area contributed by atoms with Crippen LogP contribution in [0.15, 0.2) is 0 Å². The van der Waals surface area contributed by atoms with Crippen molar-refractivity contribution in [1.82, 2.24) is 0 Å². The Morgan fingerprint density at radius 3 is 0.941 bits per heavy atom. The van der Waals surface area contributed by atoms with Gasteiger partial charge in [-0.2, -0.15) is 0 Å². The van der Waals surface area contributed by atoms with Crippen molar-refractivity contribution in [1.29, 1.82) is 0 Å². The Labute approximate surface area is 393 Å². The summed E-state index contributed by atoms with van der Waals surface area (Å²) in [7, 11) is 0. The van der Waals surface area contributed by atoms with Gasteiger partial charge in [-0.1, -0.05) is 0 Å². The molecule has 2 aliphatic rings. The van der Waals surface area contributed by atoms with Gasteiger partial charge in [0.25, 0.3) is 0 Å². The molecule has 68 heavy (non-hydrogen) atoms. The van der Waals surface area contributed by atoms with Gasteiger partial charge in [0, 0.05) is 6.61 Å².